The monoisotopic (exact) mass is 419 g/mol. The number of carbonyl (C=O) groups is 1. The van der Waals surface area contributed by atoms with Gasteiger partial charge in [0.2, 0.25) is 0 Å². The lowest BCUT2D eigenvalue weighted by Crippen LogP contribution is -2.45. The molecule has 0 heterocycles. The molecular formula is C15H13BrCl2FN3O. The summed E-state index contributed by atoms with van der Waals surface area (Å²) in [5.74, 6) is -0.401. The first-order valence-corrected chi connectivity index (χ1v) is 8.07. The number of halogens is 4. The van der Waals surface area contributed by atoms with E-state index in [1.807, 2.05) is 0 Å². The van der Waals surface area contributed by atoms with Gasteiger partial charge in [0.05, 0.1) is 6.54 Å². The summed E-state index contributed by atoms with van der Waals surface area (Å²) in [7, 11) is 1.61. The smallest absolute Gasteiger partial charge is 0.296 e. The summed E-state index contributed by atoms with van der Waals surface area (Å²) in [6.07, 6.45) is 0. The van der Waals surface area contributed by atoms with Crippen molar-refractivity contribution < 1.29 is 9.18 Å². The fraction of sp³-hybridized carbons (Fsp3) is 0.133. The third-order valence-electron chi connectivity index (χ3n) is 3.10. The van der Waals surface area contributed by atoms with E-state index in [0.717, 1.165) is 5.01 Å². The normalized spacial score (nSPS) is 10.5. The third kappa shape index (κ3) is 4.81. The van der Waals surface area contributed by atoms with Crippen LogP contribution in [0.3, 0.4) is 0 Å². The topological polar surface area (TPSA) is 35.6 Å². The number of hydrogen-bond donors (Lipinski definition) is 1. The molecule has 0 atom stereocenters. The van der Waals surface area contributed by atoms with Gasteiger partial charge >= 0.3 is 6.03 Å². The Bertz CT molecular complexity index is 679. The molecule has 0 aliphatic rings. The van der Waals surface area contributed by atoms with E-state index in [0.29, 0.717) is 20.7 Å². The van der Waals surface area contributed by atoms with E-state index in [2.05, 4.69) is 20.9 Å². The molecule has 2 aromatic rings. The molecule has 4 nitrogen and oxygen atoms in total. The van der Waals surface area contributed by atoms with Gasteiger partial charge in [-0.25, -0.2) is 14.2 Å². The van der Waals surface area contributed by atoms with Gasteiger partial charge in [-0.1, -0.05) is 27.5 Å². The minimum Gasteiger partial charge on any atom is -0.296 e. The number of nitrogens with zero attached hydrogens (tertiary/aromatic N) is 2. The number of amides is 2. The van der Waals surface area contributed by atoms with E-state index in [4.69, 9.17) is 23.4 Å². The predicted molar refractivity (Wildman–Crippen MR) is 93.9 cm³/mol. The zero-order chi connectivity index (χ0) is 17.0. The number of hydrogen-bond acceptors (Lipinski definition) is 2. The maximum Gasteiger partial charge on any atom is 0.339 e. The first-order valence-electron chi connectivity index (χ1n) is 6.52. The molecule has 0 fully saturated rings. The van der Waals surface area contributed by atoms with E-state index >= 15 is 0 Å². The summed E-state index contributed by atoms with van der Waals surface area (Å²) >= 11 is 14.7. The fourth-order valence-electron chi connectivity index (χ4n) is 1.97. The van der Waals surface area contributed by atoms with Crippen molar-refractivity contribution in [1.82, 2.24) is 9.95 Å². The SMILES string of the molecule is CN(C(=O)N(Cc1cc(F)cc(Br)c1)NCl)c1ccc(Cl)cc1. The Morgan fingerprint density at radius 2 is 1.91 bits per heavy atom. The van der Waals surface area contributed by atoms with Crippen LogP contribution in [0.2, 0.25) is 5.02 Å². The van der Waals surface area contributed by atoms with Crippen LogP contribution in [-0.2, 0) is 6.54 Å². The number of carbonyl (C=O) groups excluding carboxylic acids is 1. The molecule has 2 aromatic carbocycles. The maximum absolute atomic E-state index is 13.4. The van der Waals surface area contributed by atoms with Crippen molar-refractivity contribution in [3.8, 4) is 0 Å². The molecule has 0 spiro atoms. The van der Waals surface area contributed by atoms with Crippen LogP contribution in [0.15, 0.2) is 46.9 Å². The fourth-order valence-corrected chi connectivity index (χ4v) is 2.75. The van der Waals surface area contributed by atoms with Gasteiger partial charge in [0, 0.05) is 22.2 Å². The first kappa shape index (κ1) is 18.0. The molecule has 2 rings (SSSR count). The number of hydrazine groups is 1. The van der Waals surface area contributed by atoms with Crippen LogP contribution in [0, 0.1) is 5.82 Å². The van der Waals surface area contributed by atoms with Crippen molar-refractivity contribution in [2.75, 3.05) is 11.9 Å². The van der Waals surface area contributed by atoms with E-state index in [1.165, 1.54) is 17.0 Å². The van der Waals surface area contributed by atoms with Crippen molar-refractivity contribution in [2.45, 2.75) is 6.54 Å². The van der Waals surface area contributed by atoms with Crippen molar-refractivity contribution >= 4 is 51.0 Å². The van der Waals surface area contributed by atoms with Gasteiger partial charge in [0.1, 0.15) is 5.82 Å². The van der Waals surface area contributed by atoms with Crippen LogP contribution < -0.4 is 9.84 Å². The molecule has 0 aliphatic heterocycles. The van der Waals surface area contributed by atoms with Gasteiger partial charge in [-0.15, -0.1) is 4.94 Å². The second kappa shape index (κ2) is 7.97. The largest absolute Gasteiger partial charge is 0.339 e. The molecule has 0 unspecified atom stereocenters. The number of nitrogens with one attached hydrogen (secondary N) is 1. The molecule has 0 aliphatic carbocycles. The number of anilines is 1. The number of rotatable bonds is 4. The highest BCUT2D eigenvalue weighted by Gasteiger charge is 2.19. The average molecular weight is 421 g/mol. The molecule has 2 amide bonds. The Labute approximate surface area is 152 Å². The Morgan fingerprint density at radius 3 is 2.48 bits per heavy atom. The highest BCUT2D eigenvalue weighted by molar-refractivity contribution is 9.10. The van der Waals surface area contributed by atoms with Gasteiger partial charge in [-0.2, -0.15) is 0 Å². The molecule has 0 saturated carbocycles. The molecular weight excluding hydrogens is 408 g/mol. The van der Waals surface area contributed by atoms with E-state index < -0.39 is 11.8 Å². The van der Waals surface area contributed by atoms with Crippen LogP contribution in [0.25, 0.3) is 0 Å². The first-order chi connectivity index (χ1) is 10.9. The predicted octanol–water partition coefficient (Wildman–Crippen LogP) is 4.96. The Balaban J connectivity index is 2.15. The number of urea groups is 1. The Hall–Kier alpha value is -1.34. The van der Waals surface area contributed by atoms with Gasteiger partial charge in [-0.3, -0.25) is 4.90 Å². The van der Waals surface area contributed by atoms with Gasteiger partial charge in [0.25, 0.3) is 0 Å². The summed E-state index contributed by atoms with van der Waals surface area (Å²) in [5, 5.41) is 1.74. The molecule has 122 valence electrons. The van der Waals surface area contributed by atoms with Gasteiger partial charge < -0.3 is 0 Å². The lowest BCUT2D eigenvalue weighted by molar-refractivity contribution is 0.194. The highest BCUT2D eigenvalue weighted by atomic mass is 79.9. The summed E-state index contributed by atoms with van der Waals surface area (Å²) in [5.41, 5.74) is 1.24. The standard InChI is InChI=1S/C15H13BrCl2FN3O/c1-21(14-4-2-12(17)3-5-14)15(23)22(20-18)9-10-6-11(16)8-13(19)7-10/h2-8,20H,9H2,1H3. The van der Waals surface area contributed by atoms with E-state index in [1.54, 1.807) is 37.4 Å². The van der Waals surface area contributed by atoms with Crippen LogP contribution in [0.4, 0.5) is 14.9 Å². The second-order valence-corrected chi connectivity index (χ2v) is 6.29. The molecule has 23 heavy (non-hydrogen) atoms. The van der Waals surface area contributed by atoms with Crippen LogP contribution in [0.5, 0.6) is 0 Å². The number of benzene rings is 2. The molecule has 8 heteroatoms. The Morgan fingerprint density at radius 1 is 1.26 bits per heavy atom. The third-order valence-corrected chi connectivity index (χ3v) is 4.01. The Kier molecular flexibility index (Phi) is 6.24. The van der Waals surface area contributed by atoms with Crippen molar-refractivity contribution in [1.29, 1.82) is 0 Å². The van der Waals surface area contributed by atoms with Crippen molar-refractivity contribution in [3.05, 3.63) is 63.3 Å². The highest BCUT2D eigenvalue weighted by Crippen LogP contribution is 2.20. The van der Waals surface area contributed by atoms with Gasteiger partial charge in [-0.05, 0) is 59.8 Å². The second-order valence-electron chi connectivity index (χ2n) is 4.77. The van der Waals surface area contributed by atoms with Crippen LogP contribution in [0.1, 0.15) is 5.56 Å². The minimum absolute atomic E-state index is 0.0939. The summed E-state index contributed by atoms with van der Waals surface area (Å²) in [6, 6.07) is 10.8. The zero-order valence-corrected chi connectivity index (χ0v) is 15.2. The lowest BCUT2D eigenvalue weighted by atomic mass is 10.2. The summed E-state index contributed by atoms with van der Waals surface area (Å²) in [4.78, 5) is 16.2. The molecule has 0 bridgehead atoms. The maximum atomic E-state index is 13.4. The zero-order valence-electron chi connectivity index (χ0n) is 12.1. The van der Waals surface area contributed by atoms with Crippen molar-refractivity contribution in [3.63, 3.8) is 0 Å². The van der Waals surface area contributed by atoms with Crippen LogP contribution >= 0.6 is 39.3 Å². The van der Waals surface area contributed by atoms with Crippen molar-refractivity contribution in [2.24, 2.45) is 0 Å². The van der Waals surface area contributed by atoms with E-state index in [9.17, 15) is 9.18 Å². The summed E-state index contributed by atoms with van der Waals surface area (Å²) < 4.78 is 14.0. The van der Waals surface area contributed by atoms with Gasteiger partial charge in [0.15, 0.2) is 0 Å². The van der Waals surface area contributed by atoms with E-state index in [-0.39, 0.29) is 6.54 Å². The molecule has 0 radical (unpaired) electrons. The molecule has 0 aromatic heterocycles. The average Bonchev–Trinajstić information content (AvgIpc) is 2.51. The summed E-state index contributed by atoms with van der Waals surface area (Å²) in [6.45, 7) is 0.0939. The minimum atomic E-state index is -0.401. The lowest BCUT2D eigenvalue weighted by Gasteiger charge is -2.26. The quantitative estimate of drug-likeness (QED) is 0.560. The molecule has 1 N–H and O–H groups in total. The molecule has 0 saturated heterocycles. The van der Waals surface area contributed by atoms with Crippen LogP contribution in [-0.4, -0.2) is 18.1 Å².